The molecule has 4 nitrogen and oxygen atoms in total. The van der Waals surface area contributed by atoms with E-state index in [1.165, 1.54) is 32.1 Å². The average Bonchev–Trinajstić information content (AvgIpc) is 2.99. The van der Waals surface area contributed by atoms with Crippen molar-refractivity contribution in [3.05, 3.63) is 30.1 Å². The van der Waals surface area contributed by atoms with Gasteiger partial charge in [-0.3, -0.25) is 5.10 Å². The van der Waals surface area contributed by atoms with Crippen LogP contribution in [0.1, 0.15) is 50.8 Å². The Morgan fingerprint density at radius 1 is 1.20 bits per heavy atom. The average molecular weight is 271 g/mol. The van der Waals surface area contributed by atoms with Gasteiger partial charge in [0.15, 0.2) is 5.82 Å². The van der Waals surface area contributed by atoms with Crippen LogP contribution in [-0.4, -0.2) is 21.8 Å². The Kier molecular flexibility index (Phi) is 4.00. The fourth-order valence-electron chi connectivity index (χ4n) is 2.89. The Morgan fingerprint density at radius 2 is 2.00 bits per heavy atom. The molecule has 0 amide bonds. The molecule has 1 aromatic heterocycles. The fourth-order valence-corrected chi connectivity index (χ4v) is 2.89. The van der Waals surface area contributed by atoms with Crippen LogP contribution in [0, 0.1) is 0 Å². The van der Waals surface area contributed by atoms with Crippen LogP contribution in [-0.2, 0) is 0 Å². The largest absolute Gasteiger partial charge is 0.493 e. The second-order valence-electron chi connectivity index (χ2n) is 5.31. The number of benzene rings is 1. The lowest BCUT2D eigenvalue weighted by Crippen LogP contribution is -2.06. The molecule has 1 N–H and O–H groups in total. The summed E-state index contributed by atoms with van der Waals surface area (Å²) in [6.07, 6.45) is 6.40. The number of nitrogens with one attached hydrogen (secondary N) is 1. The third-order valence-corrected chi connectivity index (χ3v) is 3.92. The van der Waals surface area contributed by atoms with Crippen LogP contribution in [0.3, 0.4) is 0 Å². The van der Waals surface area contributed by atoms with E-state index in [0.717, 1.165) is 23.0 Å². The van der Waals surface area contributed by atoms with Gasteiger partial charge in [0.25, 0.3) is 0 Å². The Bertz CT molecular complexity index is 558. The van der Waals surface area contributed by atoms with Gasteiger partial charge in [-0.15, -0.1) is 0 Å². The number of hydrogen-bond donors (Lipinski definition) is 1. The van der Waals surface area contributed by atoms with Crippen LogP contribution < -0.4 is 4.74 Å². The summed E-state index contributed by atoms with van der Waals surface area (Å²) in [4.78, 5) is 4.70. The van der Waals surface area contributed by atoms with Gasteiger partial charge in [-0.05, 0) is 31.9 Å². The van der Waals surface area contributed by atoms with Gasteiger partial charge in [-0.25, -0.2) is 4.98 Å². The number of aromatic nitrogens is 3. The molecule has 1 heterocycles. The third-order valence-electron chi connectivity index (χ3n) is 3.92. The standard InChI is InChI=1S/C16H21N3O/c1-2-20-14-11-7-6-10-13(14)16-17-15(18-19-16)12-8-4-3-5-9-12/h6-7,10-12H,2-5,8-9H2,1H3,(H,17,18,19). The first kappa shape index (κ1) is 13.2. The highest BCUT2D eigenvalue weighted by atomic mass is 16.5. The molecule has 106 valence electrons. The Morgan fingerprint density at radius 3 is 2.80 bits per heavy atom. The highest BCUT2D eigenvalue weighted by molar-refractivity contribution is 5.63. The predicted octanol–water partition coefficient (Wildman–Crippen LogP) is 3.92. The van der Waals surface area contributed by atoms with Crippen molar-refractivity contribution in [1.29, 1.82) is 0 Å². The molecule has 0 saturated heterocycles. The highest BCUT2D eigenvalue weighted by Gasteiger charge is 2.20. The lowest BCUT2D eigenvalue weighted by Gasteiger charge is -2.18. The van der Waals surface area contributed by atoms with E-state index in [0.29, 0.717) is 12.5 Å². The Labute approximate surface area is 119 Å². The normalized spacial score (nSPS) is 16.2. The second kappa shape index (κ2) is 6.07. The molecular formula is C16H21N3O. The molecule has 2 aromatic rings. The minimum Gasteiger partial charge on any atom is -0.493 e. The predicted molar refractivity (Wildman–Crippen MR) is 78.8 cm³/mol. The molecule has 0 spiro atoms. The van der Waals surface area contributed by atoms with Crippen molar-refractivity contribution < 1.29 is 4.74 Å². The van der Waals surface area contributed by atoms with E-state index in [-0.39, 0.29) is 0 Å². The van der Waals surface area contributed by atoms with Crippen LogP contribution in [0.4, 0.5) is 0 Å². The maximum absolute atomic E-state index is 5.65. The molecule has 0 bridgehead atoms. The number of ether oxygens (including phenoxy) is 1. The van der Waals surface area contributed by atoms with Crippen LogP contribution in [0.25, 0.3) is 11.4 Å². The van der Waals surface area contributed by atoms with Crippen molar-refractivity contribution in [2.24, 2.45) is 0 Å². The molecule has 0 atom stereocenters. The summed E-state index contributed by atoms with van der Waals surface area (Å²) in [6.45, 7) is 2.64. The summed E-state index contributed by atoms with van der Waals surface area (Å²) >= 11 is 0. The molecule has 20 heavy (non-hydrogen) atoms. The molecule has 1 aliphatic carbocycles. The SMILES string of the molecule is CCOc1ccccc1-c1n[nH]c(C2CCCCC2)n1. The van der Waals surface area contributed by atoms with Gasteiger partial charge in [0.05, 0.1) is 12.2 Å². The zero-order chi connectivity index (χ0) is 13.8. The van der Waals surface area contributed by atoms with E-state index in [1.54, 1.807) is 0 Å². The zero-order valence-electron chi connectivity index (χ0n) is 11.9. The lowest BCUT2D eigenvalue weighted by atomic mass is 9.89. The smallest absolute Gasteiger partial charge is 0.184 e. The number of H-pyrrole nitrogens is 1. The van der Waals surface area contributed by atoms with Crippen molar-refractivity contribution >= 4 is 0 Å². The number of aromatic amines is 1. The maximum Gasteiger partial charge on any atom is 0.184 e. The molecule has 0 aliphatic heterocycles. The third kappa shape index (κ3) is 2.69. The second-order valence-corrected chi connectivity index (χ2v) is 5.31. The minimum absolute atomic E-state index is 0.546. The van der Waals surface area contributed by atoms with E-state index in [2.05, 4.69) is 10.2 Å². The molecule has 1 fully saturated rings. The van der Waals surface area contributed by atoms with Gasteiger partial charge in [-0.2, -0.15) is 5.10 Å². The van der Waals surface area contributed by atoms with Gasteiger partial charge in [0, 0.05) is 5.92 Å². The molecule has 1 aliphatic rings. The molecule has 3 rings (SSSR count). The Balaban J connectivity index is 1.86. The van der Waals surface area contributed by atoms with Crippen LogP contribution in [0.15, 0.2) is 24.3 Å². The van der Waals surface area contributed by atoms with E-state index >= 15 is 0 Å². The number of para-hydroxylation sites is 1. The zero-order valence-corrected chi connectivity index (χ0v) is 11.9. The Hall–Kier alpha value is -1.84. The molecule has 0 unspecified atom stereocenters. The first-order chi connectivity index (χ1) is 9.88. The van der Waals surface area contributed by atoms with Gasteiger partial charge >= 0.3 is 0 Å². The van der Waals surface area contributed by atoms with Gasteiger partial charge in [0.1, 0.15) is 11.6 Å². The van der Waals surface area contributed by atoms with E-state index < -0.39 is 0 Å². The van der Waals surface area contributed by atoms with Crippen molar-refractivity contribution in [3.63, 3.8) is 0 Å². The number of nitrogens with zero attached hydrogens (tertiary/aromatic N) is 2. The van der Waals surface area contributed by atoms with Crippen molar-refractivity contribution in [2.45, 2.75) is 44.9 Å². The number of hydrogen-bond acceptors (Lipinski definition) is 3. The minimum atomic E-state index is 0.546. The molecule has 1 aromatic carbocycles. The van der Waals surface area contributed by atoms with Crippen LogP contribution >= 0.6 is 0 Å². The molecular weight excluding hydrogens is 250 g/mol. The van der Waals surface area contributed by atoms with Crippen LogP contribution in [0.2, 0.25) is 0 Å². The topological polar surface area (TPSA) is 50.8 Å². The summed E-state index contributed by atoms with van der Waals surface area (Å²) in [5.74, 6) is 3.18. The summed E-state index contributed by atoms with van der Waals surface area (Å²) < 4.78 is 5.65. The van der Waals surface area contributed by atoms with Gasteiger partial charge in [-0.1, -0.05) is 31.4 Å². The lowest BCUT2D eigenvalue weighted by molar-refractivity contribution is 0.341. The quantitative estimate of drug-likeness (QED) is 0.917. The molecule has 0 radical (unpaired) electrons. The van der Waals surface area contributed by atoms with Crippen molar-refractivity contribution in [2.75, 3.05) is 6.61 Å². The van der Waals surface area contributed by atoms with E-state index in [9.17, 15) is 0 Å². The van der Waals surface area contributed by atoms with E-state index in [1.807, 2.05) is 31.2 Å². The first-order valence-electron chi connectivity index (χ1n) is 7.53. The monoisotopic (exact) mass is 271 g/mol. The summed E-state index contributed by atoms with van der Waals surface area (Å²) in [6, 6.07) is 7.95. The van der Waals surface area contributed by atoms with Crippen molar-refractivity contribution in [1.82, 2.24) is 15.2 Å². The molecule has 4 heteroatoms. The van der Waals surface area contributed by atoms with Gasteiger partial charge in [0.2, 0.25) is 0 Å². The summed E-state index contributed by atoms with van der Waals surface area (Å²) in [7, 11) is 0. The number of rotatable bonds is 4. The van der Waals surface area contributed by atoms with Crippen LogP contribution in [0.5, 0.6) is 5.75 Å². The maximum atomic E-state index is 5.65. The van der Waals surface area contributed by atoms with Crippen molar-refractivity contribution in [3.8, 4) is 17.1 Å². The highest BCUT2D eigenvalue weighted by Crippen LogP contribution is 2.33. The molecule has 1 saturated carbocycles. The van der Waals surface area contributed by atoms with Gasteiger partial charge < -0.3 is 4.74 Å². The summed E-state index contributed by atoms with van der Waals surface area (Å²) in [5, 5.41) is 7.52. The summed E-state index contributed by atoms with van der Waals surface area (Å²) in [5.41, 5.74) is 0.965. The van der Waals surface area contributed by atoms with E-state index in [4.69, 9.17) is 9.72 Å². The first-order valence-corrected chi connectivity index (χ1v) is 7.53. The fraction of sp³-hybridized carbons (Fsp3) is 0.500.